The molecule has 1 atom stereocenters. The number of carbonyl (C=O) groups is 1. The summed E-state index contributed by atoms with van der Waals surface area (Å²) in [7, 11) is 0. The highest BCUT2D eigenvalue weighted by molar-refractivity contribution is 5.87. The summed E-state index contributed by atoms with van der Waals surface area (Å²) < 4.78 is 5.47. The second-order valence-corrected chi connectivity index (χ2v) is 4.69. The third kappa shape index (κ3) is 6.33. The standard InChI is InChI=1S/C15H20O3/c1-13(16)7-6-10-15(2,17)12-18-11-14-8-4-3-5-9-14/h3-9,17H,10-12H2,1-2H3/b7-6+/t15-/m0/s1. The maximum Gasteiger partial charge on any atom is 0.152 e. The molecule has 0 heterocycles. The molecule has 0 unspecified atom stereocenters. The minimum absolute atomic E-state index is 0.0176. The van der Waals surface area contributed by atoms with Gasteiger partial charge >= 0.3 is 0 Å². The van der Waals surface area contributed by atoms with Crippen molar-refractivity contribution in [1.29, 1.82) is 0 Å². The normalized spacial score (nSPS) is 14.6. The number of rotatable bonds is 7. The van der Waals surface area contributed by atoms with Crippen LogP contribution in [0.3, 0.4) is 0 Å². The first kappa shape index (κ1) is 14.6. The van der Waals surface area contributed by atoms with E-state index in [4.69, 9.17) is 4.74 Å². The molecule has 0 amide bonds. The minimum atomic E-state index is -0.944. The Morgan fingerprint density at radius 2 is 2.06 bits per heavy atom. The van der Waals surface area contributed by atoms with Gasteiger partial charge in [-0.15, -0.1) is 0 Å². The maximum absolute atomic E-state index is 10.7. The zero-order chi connectivity index (χ0) is 13.4. The van der Waals surface area contributed by atoms with Crippen molar-refractivity contribution < 1.29 is 14.6 Å². The van der Waals surface area contributed by atoms with Gasteiger partial charge in [-0.1, -0.05) is 36.4 Å². The summed E-state index contributed by atoms with van der Waals surface area (Å²) in [6.45, 7) is 3.90. The average Bonchev–Trinajstić information content (AvgIpc) is 2.29. The lowest BCUT2D eigenvalue weighted by Crippen LogP contribution is -2.29. The highest BCUT2D eigenvalue weighted by Crippen LogP contribution is 2.12. The van der Waals surface area contributed by atoms with E-state index < -0.39 is 5.60 Å². The van der Waals surface area contributed by atoms with E-state index in [-0.39, 0.29) is 12.4 Å². The summed E-state index contributed by atoms with van der Waals surface area (Å²) in [5.41, 5.74) is 0.133. The van der Waals surface area contributed by atoms with Crippen molar-refractivity contribution in [3.63, 3.8) is 0 Å². The van der Waals surface area contributed by atoms with Crippen molar-refractivity contribution in [1.82, 2.24) is 0 Å². The van der Waals surface area contributed by atoms with Crippen LogP contribution in [0.4, 0.5) is 0 Å². The Labute approximate surface area is 108 Å². The Morgan fingerprint density at radius 3 is 2.67 bits per heavy atom. The summed E-state index contributed by atoms with van der Waals surface area (Å²) in [6, 6.07) is 9.81. The first-order valence-electron chi connectivity index (χ1n) is 6.01. The van der Waals surface area contributed by atoms with Crippen LogP contribution in [-0.2, 0) is 16.1 Å². The van der Waals surface area contributed by atoms with Gasteiger partial charge in [-0.25, -0.2) is 0 Å². The van der Waals surface area contributed by atoms with Gasteiger partial charge in [0, 0.05) is 0 Å². The highest BCUT2D eigenvalue weighted by Gasteiger charge is 2.18. The van der Waals surface area contributed by atoms with Crippen LogP contribution in [0.5, 0.6) is 0 Å². The third-order valence-electron chi connectivity index (χ3n) is 2.43. The molecule has 0 saturated carbocycles. The van der Waals surface area contributed by atoms with Gasteiger partial charge in [0.25, 0.3) is 0 Å². The largest absolute Gasteiger partial charge is 0.387 e. The SMILES string of the molecule is CC(=O)/C=C/C[C@](C)(O)COCc1ccccc1. The summed E-state index contributed by atoms with van der Waals surface area (Å²) in [6.07, 6.45) is 3.54. The molecule has 98 valence electrons. The lowest BCUT2D eigenvalue weighted by Gasteiger charge is -2.21. The number of ether oxygens (including phenoxy) is 1. The molecule has 0 fully saturated rings. The molecular formula is C15H20O3. The molecule has 0 aliphatic rings. The summed E-state index contributed by atoms with van der Waals surface area (Å²) in [5.74, 6) is -0.0176. The number of hydrogen-bond acceptors (Lipinski definition) is 3. The maximum atomic E-state index is 10.7. The molecule has 3 nitrogen and oxygen atoms in total. The van der Waals surface area contributed by atoms with Gasteiger partial charge in [0.2, 0.25) is 0 Å². The van der Waals surface area contributed by atoms with Gasteiger partial charge in [-0.2, -0.15) is 0 Å². The quantitative estimate of drug-likeness (QED) is 0.754. The molecule has 1 N–H and O–H groups in total. The lowest BCUT2D eigenvalue weighted by atomic mass is 10.0. The Balaban J connectivity index is 2.31. The Bertz CT molecular complexity index is 393. The summed E-state index contributed by atoms with van der Waals surface area (Å²) in [4.78, 5) is 10.7. The molecule has 18 heavy (non-hydrogen) atoms. The van der Waals surface area contributed by atoms with E-state index in [1.54, 1.807) is 13.0 Å². The Kier molecular flexibility index (Phi) is 5.75. The molecule has 0 aliphatic carbocycles. The van der Waals surface area contributed by atoms with Crippen LogP contribution in [0.2, 0.25) is 0 Å². The van der Waals surface area contributed by atoms with Crippen molar-refractivity contribution in [2.75, 3.05) is 6.61 Å². The number of benzene rings is 1. The van der Waals surface area contributed by atoms with E-state index >= 15 is 0 Å². The fourth-order valence-electron chi connectivity index (χ4n) is 1.50. The number of ketones is 1. The Hall–Kier alpha value is -1.45. The minimum Gasteiger partial charge on any atom is -0.387 e. The van der Waals surface area contributed by atoms with Gasteiger partial charge in [0.05, 0.1) is 18.8 Å². The molecule has 0 bridgehead atoms. The van der Waals surface area contributed by atoms with Crippen molar-refractivity contribution in [2.24, 2.45) is 0 Å². The molecule has 0 spiro atoms. The fourth-order valence-corrected chi connectivity index (χ4v) is 1.50. The predicted octanol–water partition coefficient (Wildman–Crippen LogP) is 2.49. The monoisotopic (exact) mass is 248 g/mol. The van der Waals surface area contributed by atoms with Gasteiger partial charge in [0.1, 0.15) is 0 Å². The van der Waals surface area contributed by atoms with Crippen LogP contribution in [-0.4, -0.2) is 23.1 Å². The molecule has 1 aromatic carbocycles. The Morgan fingerprint density at radius 1 is 1.39 bits per heavy atom. The van der Waals surface area contributed by atoms with Crippen molar-refractivity contribution in [3.05, 3.63) is 48.0 Å². The van der Waals surface area contributed by atoms with Crippen LogP contribution in [0.1, 0.15) is 25.8 Å². The number of allylic oxidation sites excluding steroid dienone is 1. The third-order valence-corrected chi connectivity index (χ3v) is 2.43. The van der Waals surface area contributed by atoms with E-state index in [2.05, 4.69) is 0 Å². The predicted molar refractivity (Wildman–Crippen MR) is 71.2 cm³/mol. The molecule has 1 rings (SSSR count). The molecule has 1 aromatic rings. The van der Waals surface area contributed by atoms with E-state index in [0.29, 0.717) is 13.0 Å². The van der Waals surface area contributed by atoms with Crippen LogP contribution < -0.4 is 0 Å². The average molecular weight is 248 g/mol. The van der Waals surface area contributed by atoms with E-state index in [1.807, 2.05) is 30.3 Å². The molecule has 0 radical (unpaired) electrons. The van der Waals surface area contributed by atoms with Crippen molar-refractivity contribution >= 4 is 5.78 Å². The van der Waals surface area contributed by atoms with Gasteiger partial charge in [-0.05, 0) is 31.9 Å². The zero-order valence-electron chi connectivity index (χ0n) is 10.9. The number of aliphatic hydroxyl groups is 1. The molecular weight excluding hydrogens is 228 g/mol. The first-order chi connectivity index (χ1) is 8.49. The molecule has 3 heteroatoms. The summed E-state index contributed by atoms with van der Waals surface area (Å²) in [5, 5.41) is 10.0. The van der Waals surface area contributed by atoms with E-state index in [9.17, 15) is 9.90 Å². The van der Waals surface area contributed by atoms with E-state index in [1.165, 1.54) is 13.0 Å². The second kappa shape index (κ2) is 7.09. The van der Waals surface area contributed by atoms with Crippen LogP contribution in [0, 0.1) is 0 Å². The molecule has 0 saturated heterocycles. The first-order valence-corrected chi connectivity index (χ1v) is 6.01. The smallest absolute Gasteiger partial charge is 0.152 e. The van der Waals surface area contributed by atoms with Crippen LogP contribution >= 0.6 is 0 Å². The highest BCUT2D eigenvalue weighted by atomic mass is 16.5. The fraction of sp³-hybridized carbons (Fsp3) is 0.400. The summed E-state index contributed by atoms with van der Waals surface area (Å²) >= 11 is 0. The van der Waals surface area contributed by atoms with Crippen LogP contribution in [0.15, 0.2) is 42.5 Å². The molecule has 0 aromatic heterocycles. The van der Waals surface area contributed by atoms with E-state index in [0.717, 1.165) is 5.56 Å². The number of hydrogen-bond donors (Lipinski definition) is 1. The van der Waals surface area contributed by atoms with Crippen molar-refractivity contribution in [2.45, 2.75) is 32.5 Å². The zero-order valence-corrected chi connectivity index (χ0v) is 10.9. The molecule has 0 aliphatic heterocycles. The lowest BCUT2D eigenvalue weighted by molar-refractivity contribution is -0.112. The van der Waals surface area contributed by atoms with Gasteiger partial charge in [0.15, 0.2) is 5.78 Å². The topological polar surface area (TPSA) is 46.5 Å². The second-order valence-electron chi connectivity index (χ2n) is 4.69. The van der Waals surface area contributed by atoms with Gasteiger partial charge in [-0.3, -0.25) is 4.79 Å². The van der Waals surface area contributed by atoms with Gasteiger partial charge < -0.3 is 9.84 Å². The number of carbonyl (C=O) groups excluding carboxylic acids is 1. The van der Waals surface area contributed by atoms with Crippen molar-refractivity contribution in [3.8, 4) is 0 Å². The van der Waals surface area contributed by atoms with Crippen LogP contribution in [0.25, 0.3) is 0 Å².